The summed E-state index contributed by atoms with van der Waals surface area (Å²) in [6, 6.07) is 9.83. The Hall–Kier alpha value is -2.14. The van der Waals surface area contributed by atoms with E-state index in [0.717, 1.165) is 11.3 Å². The van der Waals surface area contributed by atoms with Gasteiger partial charge in [0.25, 0.3) is 0 Å². The average molecular weight is 301 g/mol. The van der Waals surface area contributed by atoms with E-state index in [1.54, 1.807) is 6.20 Å². The predicted molar refractivity (Wildman–Crippen MR) is 86.2 cm³/mol. The predicted octanol–water partition coefficient (Wildman–Crippen LogP) is 2.69. The quantitative estimate of drug-likeness (QED) is 0.922. The van der Waals surface area contributed by atoms with Crippen LogP contribution in [0.15, 0.2) is 40.9 Å². The summed E-state index contributed by atoms with van der Waals surface area (Å²) >= 11 is 0. The first-order valence-corrected chi connectivity index (χ1v) is 7.33. The van der Waals surface area contributed by atoms with Gasteiger partial charge in [-0.2, -0.15) is 0 Å². The maximum Gasteiger partial charge on any atom is 0.234 e. The smallest absolute Gasteiger partial charge is 0.234 e. The van der Waals surface area contributed by atoms with Gasteiger partial charge >= 0.3 is 0 Å². The van der Waals surface area contributed by atoms with Gasteiger partial charge in [0.2, 0.25) is 11.8 Å². The van der Waals surface area contributed by atoms with Crippen LogP contribution >= 0.6 is 0 Å². The second-order valence-electron chi connectivity index (χ2n) is 6.45. The van der Waals surface area contributed by atoms with Crippen LogP contribution in [-0.4, -0.2) is 34.9 Å². The molecule has 0 aliphatic rings. The molecule has 5 nitrogen and oxygen atoms in total. The lowest BCUT2D eigenvalue weighted by Crippen LogP contribution is -2.45. The number of hydrogen-bond acceptors (Lipinski definition) is 4. The Morgan fingerprint density at radius 3 is 2.59 bits per heavy atom. The van der Waals surface area contributed by atoms with Gasteiger partial charge < -0.3 is 9.73 Å². The summed E-state index contributed by atoms with van der Waals surface area (Å²) in [4.78, 5) is 18.0. The average Bonchev–Trinajstić information content (AvgIpc) is 2.85. The summed E-state index contributed by atoms with van der Waals surface area (Å²) in [5.41, 5.74) is 0.774. The molecule has 22 heavy (non-hydrogen) atoms. The van der Waals surface area contributed by atoms with Crippen LogP contribution in [0.1, 0.15) is 26.7 Å². The highest BCUT2D eigenvalue weighted by atomic mass is 16.4. The van der Waals surface area contributed by atoms with E-state index in [2.05, 4.69) is 10.3 Å². The molecular weight excluding hydrogens is 278 g/mol. The Bertz CT molecular complexity index is 614. The molecule has 0 aliphatic heterocycles. The molecule has 5 heteroatoms. The molecule has 1 N–H and O–H groups in total. The Balaban J connectivity index is 1.91. The minimum atomic E-state index is -0.221. The van der Waals surface area contributed by atoms with Gasteiger partial charge in [0.15, 0.2) is 5.76 Å². The summed E-state index contributed by atoms with van der Waals surface area (Å²) in [6.45, 7) is 6.69. The molecule has 0 atom stereocenters. The second kappa shape index (κ2) is 6.75. The molecule has 118 valence electrons. The molecule has 0 unspecified atom stereocenters. The van der Waals surface area contributed by atoms with Crippen LogP contribution in [0.5, 0.6) is 0 Å². The third-order valence-corrected chi connectivity index (χ3v) is 2.94. The maximum atomic E-state index is 11.9. The summed E-state index contributed by atoms with van der Waals surface area (Å²) in [6.07, 6.45) is 1.72. The number of amides is 1. The Kier molecular flexibility index (Phi) is 4.98. The van der Waals surface area contributed by atoms with E-state index < -0.39 is 0 Å². The third kappa shape index (κ3) is 5.00. The zero-order valence-electron chi connectivity index (χ0n) is 13.6. The number of aromatic nitrogens is 1. The van der Waals surface area contributed by atoms with E-state index in [4.69, 9.17) is 4.42 Å². The molecule has 0 aliphatic carbocycles. The van der Waals surface area contributed by atoms with Crippen molar-refractivity contribution in [2.45, 2.75) is 32.9 Å². The number of carbonyl (C=O) groups excluding carboxylic acids is 1. The van der Waals surface area contributed by atoms with Crippen molar-refractivity contribution in [2.75, 3.05) is 13.6 Å². The molecule has 0 radical (unpaired) electrons. The highest BCUT2D eigenvalue weighted by molar-refractivity contribution is 5.78. The SMILES string of the molecule is CN(CC(=O)NC(C)(C)C)Cc1ncc(-c2ccccc2)o1. The lowest BCUT2D eigenvalue weighted by Gasteiger charge is -2.22. The Morgan fingerprint density at radius 1 is 1.27 bits per heavy atom. The van der Waals surface area contributed by atoms with E-state index >= 15 is 0 Å². The molecule has 0 saturated carbocycles. The van der Waals surface area contributed by atoms with E-state index in [9.17, 15) is 4.79 Å². The molecule has 1 amide bonds. The van der Waals surface area contributed by atoms with E-state index in [0.29, 0.717) is 19.0 Å². The van der Waals surface area contributed by atoms with Crippen LogP contribution < -0.4 is 5.32 Å². The van der Waals surface area contributed by atoms with Crippen molar-refractivity contribution < 1.29 is 9.21 Å². The maximum absolute atomic E-state index is 11.9. The number of nitrogens with zero attached hydrogens (tertiary/aromatic N) is 2. The number of likely N-dealkylation sites (N-methyl/N-ethyl adjacent to an activating group) is 1. The van der Waals surface area contributed by atoms with Crippen molar-refractivity contribution in [3.8, 4) is 11.3 Å². The fourth-order valence-corrected chi connectivity index (χ4v) is 2.11. The lowest BCUT2D eigenvalue weighted by atomic mass is 10.1. The minimum absolute atomic E-state index is 0.00941. The largest absolute Gasteiger partial charge is 0.439 e. The molecule has 1 aromatic heterocycles. The fourth-order valence-electron chi connectivity index (χ4n) is 2.11. The summed E-state index contributed by atoms with van der Waals surface area (Å²) in [5, 5.41) is 2.94. The second-order valence-corrected chi connectivity index (χ2v) is 6.45. The highest BCUT2D eigenvalue weighted by Gasteiger charge is 2.16. The fraction of sp³-hybridized carbons (Fsp3) is 0.412. The molecule has 1 heterocycles. The van der Waals surface area contributed by atoms with Gasteiger partial charge in [-0.3, -0.25) is 9.69 Å². The minimum Gasteiger partial charge on any atom is -0.439 e. The van der Waals surface area contributed by atoms with E-state index in [-0.39, 0.29) is 11.4 Å². The number of rotatable bonds is 5. The lowest BCUT2D eigenvalue weighted by molar-refractivity contribution is -0.123. The summed E-state index contributed by atoms with van der Waals surface area (Å²) in [5.74, 6) is 1.33. The topological polar surface area (TPSA) is 58.4 Å². The van der Waals surface area contributed by atoms with Crippen molar-refractivity contribution in [3.63, 3.8) is 0 Å². The number of carbonyl (C=O) groups is 1. The van der Waals surface area contributed by atoms with Gasteiger partial charge in [-0.15, -0.1) is 0 Å². The van der Waals surface area contributed by atoms with Crippen molar-refractivity contribution in [1.82, 2.24) is 15.2 Å². The highest BCUT2D eigenvalue weighted by Crippen LogP contribution is 2.20. The van der Waals surface area contributed by atoms with Crippen LogP contribution in [0, 0.1) is 0 Å². The Morgan fingerprint density at radius 2 is 1.95 bits per heavy atom. The van der Waals surface area contributed by atoms with Gasteiger partial charge in [-0.25, -0.2) is 4.98 Å². The van der Waals surface area contributed by atoms with Gasteiger partial charge in [0.05, 0.1) is 19.3 Å². The van der Waals surface area contributed by atoms with Crippen molar-refractivity contribution >= 4 is 5.91 Å². The van der Waals surface area contributed by atoms with Crippen molar-refractivity contribution in [1.29, 1.82) is 0 Å². The normalized spacial score (nSPS) is 11.7. The molecule has 2 aromatic rings. The Labute approximate surface area is 131 Å². The van der Waals surface area contributed by atoms with Gasteiger partial charge in [0.1, 0.15) is 0 Å². The number of benzene rings is 1. The van der Waals surface area contributed by atoms with Crippen LogP contribution in [0.3, 0.4) is 0 Å². The molecule has 1 aromatic carbocycles. The molecule has 2 rings (SSSR count). The van der Waals surface area contributed by atoms with Crippen LogP contribution in [0.2, 0.25) is 0 Å². The van der Waals surface area contributed by atoms with Gasteiger partial charge in [0, 0.05) is 11.1 Å². The molecule has 0 saturated heterocycles. The summed E-state index contributed by atoms with van der Waals surface area (Å²) < 4.78 is 5.74. The van der Waals surface area contributed by atoms with Crippen LogP contribution in [0.25, 0.3) is 11.3 Å². The standard InChI is InChI=1S/C17H23N3O2/c1-17(2,3)19-15(21)11-20(4)12-16-18-10-14(22-16)13-8-6-5-7-9-13/h5-10H,11-12H2,1-4H3,(H,19,21). The zero-order chi connectivity index (χ0) is 16.2. The van der Waals surface area contributed by atoms with Crippen LogP contribution in [0.4, 0.5) is 0 Å². The molecule has 0 spiro atoms. The molecular formula is C17H23N3O2. The van der Waals surface area contributed by atoms with E-state index in [1.807, 2.05) is 63.1 Å². The summed E-state index contributed by atoms with van der Waals surface area (Å²) in [7, 11) is 1.87. The van der Waals surface area contributed by atoms with Gasteiger partial charge in [-0.1, -0.05) is 30.3 Å². The molecule has 0 bridgehead atoms. The van der Waals surface area contributed by atoms with Crippen molar-refractivity contribution in [2.24, 2.45) is 0 Å². The third-order valence-electron chi connectivity index (χ3n) is 2.94. The number of oxazole rings is 1. The molecule has 0 fully saturated rings. The zero-order valence-corrected chi connectivity index (χ0v) is 13.6. The van der Waals surface area contributed by atoms with Crippen LogP contribution in [-0.2, 0) is 11.3 Å². The number of nitrogens with one attached hydrogen (secondary N) is 1. The van der Waals surface area contributed by atoms with E-state index in [1.165, 1.54) is 0 Å². The monoisotopic (exact) mass is 301 g/mol. The first-order chi connectivity index (χ1) is 10.3. The first kappa shape index (κ1) is 16.2. The number of hydrogen-bond donors (Lipinski definition) is 1. The first-order valence-electron chi connectivity index (χ1n) is 7.33. The van der Waals surface area contributed by atoms with Crippen molar-refractivity contribution in [3.05, 3.63) is 42.4 Å². The van der Waals surface area contributed by atoms with Gasteiger partial charge in [-0.05, 0) is 27.8 Å².